The first kappa shape index (κ1) is 18.6. The molecule has 1 aliphatic carbocycles. The number of rotatable bonds is 4. The second-order valence-corrected chi connectivity index (χ2v) is 7.80. The van der Waals surface area contributed by atoms with Crippen LogP contribution in [0.2, 0.25) is 0 Å². The van der Waals surface area contributed by atoms with Crippen LogP contribution >= 0.6 is 27.3 Å². The minimum Gasteiger partial charge on any atom is -0.465 e. The summed E-state index contributed by atoms with van der Waals surface area (Å²) in [7, 11) is 1.35. The molecule has 0 atom stereocenters. The third-order valence-electron chi connectivity index (χ3n) is 4.04. The molecular weight excluding hydrogens is 418 g/mol. The Hall–Kier alpha value is -2.19. The van der Waals surface area contributed by atoms with Gasteiger partial charge in [-0.2, -0.15) is 5.10 Å². The van der Waals surface area contributed by atoms with Crippen LogP contribution in [0.15, 0.2) is 33.8 Å². The summed E-state index contributed by atoms with van der Waals surface area (Å²) in [5, 5.41) is 7.17. The maximum absolute atomic E-state index is 12.2. The highest BCUT2D eigenvalue weighted by atomic mass is 79.9. The quantitative estimate of drug-likeness (QED) is 0.425. The van der Waals surface area contributed by atoms with Crippen molar-refractivity contribution in [1.82, 2.24) is 5.43 Å². The Morgan fingerprint density at radius 1 is 1.23 bits per heavy atom. The monoisotopic (exact) mass is 435 g/mol. The highest BCUT2D eigenvalue weighted by Gasteiger charge is 2.26. The van der Waals surface area contributed by atoms with Crippen LogP contribution in [0.3, 0.4) is 0 Å². The number of anilines is 1. The number of benzene rings is 1. The van der Waals surface area contributed by atoms with Crippen molar-refractivity contribution in [2.45, 2.75) is 25.7 Å². The molecule has 0 unspecified atom stereocenters. The number of hydrogen-bond acceptors (Lipinski definition) is 5. The van der Waals surface area contributed by atoms with Gasteiger partial charge in [-0.05, 0) is 48.9 Å². The number of esters is 1. The van der Waals surface area contributed by atoms with Crippen molar-refractivity contribution in [3.63, 3.8) is 0 Å². The molecule has 1 aliphatic rings. The number of nitrogens with one attached hydrogen (secondary N) is 2. The lowest BCUT2D eigenvalue weighted by Crippen LogP contribution is -2.24. The largest absolute Gasteiger partial charge is 0.465 e. The summed E-state index contributed by atoms with van der Waals surface area (Å²) in [6.07, 6.45) is 5.44. The molecule has 0 saturated carbocycles. The molecule has 1 aromatic carbocycles. The number of hydrogen-bond donors (Lipinski definition) is 2. The Bertz CT molecular complexity index is 846. The average Bonchev–Trinajstić information content (AvgIpc) is 3.00. The van der Waals surface area contributed by atoms with Gasteiger partial charge in [0.05, 0.1) is 18.9 Å². The molecule has 1 aromatic heterocycles. The third-order valence-corrected chi connectivity index (χ3v) is 5.77. The molecule has 0 radical (unpaired) electrons. The van der Waals surface area contributed by atoms with E-state index in [9.17, 15) is 9.59 Å². The predicted molar refractivity (Wildman–Crippen MR) is 106 cm³/mol. The standard InChI is InChI=1S/C18H18BrN3O3S/c1-25-17(23)15-13-4-2-3-5-14(13)26-16(15)21-18(24)22-20-10-11-6-8-12(19)9-7-11/h6-10H,2-5H2,1H3,(H2,21,22,24). The van der Waals surface area contributed by atoms with Crippen LogP contribution in [0, 0.1) is 0 Å². The van der Waals surface area contributed by atoms with E-state index in [1.54, 1.807) is 6.21 Å². The summed E-state index contributed by atoms with van der Waals surface area (Å²) < 4.78 is 5.86. The van der Waals surface area contributed by atoms with Crippen molar-refractivity contribution in [3.8, 4) is 0 Å². The van der Waals surface area contributed by atoms with E-state index in [0.29, 0.717) is 10.6 Å². The number of hydrazone groups is 1. The van der Waals surface area contributed by atoms with Crippen LogP contribution in [-0.4, -0.2) is 25.3 Å². The molecule has 136 valence electrons. The molecule has 0 fully saturated rings. The molecule has 3 rings (SSSR count). The van der Waals surface area contributed by atoms with Gasteiger partial charge in [0.2, 0.25) is 0 Å². The molecule has 1 heterocycles. The van der Waals surface area contributed by atoms with Crippen molar-refractivity contribution < 1.29 is 14.3 Å². The summed E-state index contributed by atoms with van der Waals surface area (Å²) in [6.45, 7) is 0. The number of thiophene rings is 1. The van der Waals surface area contributed by atoms with E-state index in [1.807, 2.05) is 24.3 Å². The number of carbonyl (C=O) groups excluding carboxylic acids is 2. The Labute approximate surface area is 163 Å². The third kappa shape index (κ3) is 4.31. The summed E-state index contributed by atoms with van der Waals surface area (Å²) in [5.74, 6) is -0.418. The van der Waals surface area contributed by atoms with Crippen molar-refractivity contribution >= 4 is 50.5 Å². The molecule has 2 amide bonds. The van der Waals surface area contributed by atoms with Gasteiger partial charge in [-0.25, -0.2) is 15.0 Å². The number of ether oxygens (including phenoxy) is 1. The Morgan fingerprint density at radius 2 is 1.96 bits per heavy atom. The molecule has 0 saturated heterocycles. The first-order chi connectivity index (χ1) is 12.6. The summed E-state index contributed by atoms with van der Waals surface area (Å²) in [6, 6.07) is 7.02. The highest BCUT2D eigenvalue weighted by molar-refractivity contribution is 9.10. The van der Waals surface area contributed by atoms with Gasteiger partial charge in [-0.15, -0.1) is 11.3 Å². The lowest BCUT2D eigenvalue weighted by Gasteiger charge is -2.11. The van der Waals surface area contributed by atoms with E-state index in [-0.39, 0.29) is 0 Å². The lowest BCUT2D eigenvalue weighted by atomic mass is 9.95. The zero-order valence-corrected chi connectivity index (χ0v) is 16.6. The molecule has 6 nitrogen and oxygen atoms in total. The number of fused-ring (bicyclic) bond motifs is 1. The van der Waals surface area contributed by atoms with Gasteiger partial charge in [0.1, 0.15) is 5.00 Å². The second kappa shape index (κ2) is 8.46. The molecule has 0 aliphatic heterocycles. The minimum absolute atomic E-state index is 0.418. The molecule has 0 bridgehead atoms. The predicted octanol–water partition coefficient (Wildman–Crippen LogP) is 4.33. The number of urea groups is 1. The normalized spacial score (nSPS) is 13.3. The molecule has 2 aromatic rings. The van der Waals surface area contributed by atoms with E-state index in [2.05, 4.69) is 31.8 Å². The Morgan fingerprint density at radius 3 is 2.69 bits per heavy atom. The second-order valence-electron chi connectivity index (χ2n) is 5.78. The summed E-state index contributed by atoms with van der Waals surface area (Å²) in [5.41, 5.74) is 4.75. The van der Waals surface area contributed by atoms with E-state index in [1.165, 1.54) is 18.4 Å². The van der Waals surface area contributed by atoms with Crippen LogP contribution in [0.5, 0.6) is 0 Å². The van der Waals surface area contributed by atoms with Crippen LogP contribution in [0.25, 0.3) is 0 Å². The lowest BCUT2D eigenvalue weighted by molar-refractivity contribution is 0.0601. The van der Waals surface area contributed by atoms with Crippen LogP contribution in [0.4, 0.5) is 9.80 Å². The van der Waals surface area contributed by atoms with Crippen LogP contribution in [-0.2, 0) is 17.6 Å². The van der Waals surface area contributed by atoms with E-state index in [0.717, 1.165) is 46.2 Å². The molecular formula is C18H18BrN3O3S. The van der Waals surface area contributed by atoms with Crippen LogP contribution in [0.1, 0.15) is 39.2 Å². The summed E-state index contributed by atoms with van der Waals surface area (Å²) in [4.78, 5) is 25.4. The number of nitrogens with zero attached hydrogens (tertiary/aromatic N) is 1. The molecule has 0 spiro atoms. The van der Waals surface area contributed by atoms with Crippen molar-refractivity contribution in [2.24, 2.45) is 5.10 Å². The number of amides is 2. The number of aryl methyl sites for hydroxylation is 1. The van der Waals surface area contributed by atoms with E-state index < -0.39 is 12.0 Å². The highest BCUT2D eigenvalue weighted by Crippen LogP contribution is 2.38. The van der Waals surface area contributed by atoms with Crippen molar-refractivity contribution in [1.29, 1.82) is 0 Å². The van der Waals surface area contributed by atoms with Crippen molar-refractivity contribution in [2.75, 3.05) is 12.4 Å². The maximum Gasteiger partial charge on any atom is 0.341 e. The van der Waals surface area contributed by atoms with Gasteiger partial charge >= 0.3 is 12.0 Å². The minimum atomic E-state index is -0.498. The fraction of sp³-hybridized carbons (Fsp3) is 0.278. The number of methoxy groups -OCH3 is 1. The van der Waals surface area contributed by atoms with Crippen LogP contribution < -0.4 is 10.7 Å². The molecule has 8 heteroatoms. The Balaban J connectivity index is 1.70. The first-order valence-corrected chi connectivity index (χ1v) is 9.78. The van der Waals surface area contributed by atoms with E-state index in [4.69, 9.17) is 4.74 Å². The van der Waals surface area contributed by atoms with Gasteiger partial charge in [0.25, 0.3) is 0 Å². The fourth-order valence-electron chi connectivity index (χ4n) is 2.82. The van der Waals surface area contributed by atoms with Gasteiger partial charge in [0, 0.05) is 9.35 Å². The van der Waals surface area contributed by atoms with Gasteiger partial charge < -0.3 is 4.74 Å². The maximum atomic E-state index is 12.2. The SMILES string of the molecule is COC(=O)c1c(NC(=O)NN=Cc2ccc(Br)cc2)sc2c1CCCC2. The summed E-state index contributed by atoms with van der Waals surface area (Å²) >= 11 is 4.80. The topological polar surface area (TPSA) is 79.8 Å². The smallest absolute Gasteiger partial charge is 0.341 e. The number of carbonyl (C=O) groups is 2. The van der Waals surface area contributed by atoms with Crippen molar-refractivity contribution in [3.05, 3.63) is 50.3 Å². The van der Waals surface area contributed by atoms with E-state index >= 15 is 0 Å². The zero-order chi connectivity index (χ0) is 18.5. The molecule has 26 heavy (non-hydrogen) atoms. The van der Waals surface area contributed by atoms with Gasteiger partial charge in [-0.3, -0.25) is 5.32 Å². The van der Waals surface area contributed by atoms with Gasteiger partial charge in [-0.1, -0.05) is 28.1 Å². The number of halogens is 1. The zero-order valence-electron chi connectivity index (χ0n) is 14.2. The molecule has 2 N–H and O–H groups in total. The van der Waals surface area contributed by atoms with Gasteiger partial charge in [0.15, 0.2) is 0 Å². The Kier molecular flexibility index (Phi) is 6.05. The average molecular weight is 436 g/mol. The fourth-order valence-corrected chi connectivity index (χ4v) is 4.35. The first-order valence-electron chi connectivity index (χ1n) is 8.17.